The van der Waals surface area contributed by atoms with Gasteiger partial charge in [-0.25, -0.2) is 14.8 Å². The van der Waals surface area contributed by atoms with Crippen LogP contribution in [-0.2, 0) is 4.74 Å². The van der Waals surface area contributed by atoms with Crippen LogP contribution in [0.4, 0.5) is 23.1 Å². The summed E-state index contributed by atoms with van der Waals surface area (Å²) in [6.07, 6.45) is 3.35. The molecule has 3 aromatic heterocycles. The molecule has 0 saturated heterocycles. The average molecular weight is 422 g/mol. The number of H-pyrrole nitrogens is 1. The Morgan fingerprint density at radius 3 is 2.74 bits per heavy atom. The van der Waals surface area contributed by atoms with Crippen molar-refractivity contribution in [1.82, 2.24) is 19.9 Å². The van der Waals surface area contributed by atoms with Crippen molar-refractivity contribution < 1.29 is 13.9 Å². The normalized spacial score (nSPS) is 12.0. The van der Waals surface area contributed by atoms with Gasteiger partial charge in [0.15, 0.2) is 5.58 Å². The number of nitrogens with zero attached hydrogens (tertiary/aromatic N) is 3. The monoisotopic (exact) mass is 422 g/mol. The van der Waals surface area contributed by atoms with E-state index in [9.17, 15) is 4.79 Å². The van der Waals surface area contributed by atoms with Crippen LogP contribution in [0.15, 0.2) is 51.9 Å². The lowest BCUT2D eigenvalue weighted by atomic mass is 10.2. The van der Waals surface area contributed by atoms with Crippen molar-refractivity contribution in [1.29, 1.82) is 0 Å². The van der Waals surface area contributed by atoms with E-state index >= 15 is 0 Å². The lowest BCUT2D eigenvalue weighted by Gasteiger charge is -2.12. The first kappa shape index (κ1) is 20.4. The van der Waals surface area contributed by atoms with E-state index in [1.807, 2.05) is 19.9 Å². The van der Waals surface area contributed by atoms with Gasteiger partial charge in [-0.05, 0) is 38.1 Å². The topological polar surface area (TPSA) is 127 Å². The smallest absolute Gasteiger partial charge is 0.417 e. The molecule has 0 bridgehead atoms. The van der Waals surface area contributed by atoms with Crippen molar-refractivity contribution >= 4 is 34.2 Å². The van der Waals surface area contributed by atoms with Gasteiger partial charge >= 0.3 is 5.76 Å². The molecule has 4 rings (SSSR count). The van der Waals surface area contributed by atoms with E-state index in [0.717, 1.165) is 16.9 Å². The number of ether oxygens (including phenoxy) is 2. The predicted octanol–water partition coefficient (Wildman–Crippen LogP) is 3.52. The minimum absolute atomic E-state index is 0.0130. The summed E-state index contributed by atoms with van der Waals surface area (Å²) in [7, 11) is 1.63. The SMILES string of the molecule is COC(C)COc1ccc(Nc2ncc(C)c(Nc3ccc4oc(=O)[nH]c4c3)n2)cn1. The molecule has 3 heterocycles. The molecule has 3 N–H and O–H groups in total. The van der Waals surface area contributed by atoms with Gasteiger partial charge in [-0.15, -0.1) is 0 Å². The van der Waals surface area contributed by atoms with E-state index in [1.165, 1.54) is 0 Å². The molecule has 0 amide bonds. The number of aromatic amines is 1. The second-order valence-electron chi connectivity index (χ2n) is 6.94. The number of hydrogen-bond acceptors (Lipinski definition) is 9. The van der Waals surface area contributed by atoms with Gasteiger partial charge in [0.1, 0.15) is 12.4 Å². The second kappa shape index (κ2) is 8.84. The summed E-state index contributed by atoms with van der Waals surface area (Å²) in [5, 5.41) is 6.37. The summed E-state index contributed by atoms with van der Waals surface area (Å²) in [6, 6.07) is 8.90. The van der Waals surface area contributed by atoms with Crippen molar-refractivity contribution in [3.05, 3.63) is 58.8 Å². The van der Waals surface area contributed by atoms with E-state index in [4.69, 9.17) is 13.9 Å². The number of pyridine rings is 1. The van der Waals surface area contributed by atoms with Crippen LogP contribution in [0.1, 0.15) is 12.5 Å². The molecule has 0 aliphatic heterocycles. The number of nitrogens with one attached hydrogen (secondary N) is 3. The maximum absolute atomic E-state index is 11.3. The molecule has 0 fully saturated rings. The molecular weight excluding hydrogens is 400 g/mol. The molecule has 10 heteroatoms. The molecule has 0 saturated carbocycles. The minimum Gasteiger partial charge on any atom is -0.475 e. The van der Waals surface area contributed by atoms with Crippen molar-refractivity contribution in [3.8, 4) is 5.88 Å². The minimum atomic E-state index is -0.491. The van der Waals surface area contributed by atoms with Gasteiger partial charge in [0.05, 0.1) is 23.5 Å². The highest BCUT2D eigenvalue weighted by Crippen LogP contribution is 2.23. The zero-order chi connectivity index (χ0) is 21.8. The van der Waals surface area contributed by atoms with Crippen LogP contribution in [-0.4, -0.2) is 39.8 Å². The number of rotatable bonds is 8. The summed E-state index contributed by atoms with van der Waals surface area (Å²) >= 11 is 0. The molecule has 0 aliphatic carbocycles. The second-order valence-corrected chi connectivity index (χ2v) is 6.94. The lowest BCUT2D eigenvalue weighted by molar-refractivity contribution is 0.0699. The summed E-state index contributed by atoms with van der Waals surface area (Å²) < 4.78 is 15.7. The third-order valence-electron chi connectivity index (χ3n) is 4.51. The van der Waals surface area contributed by atoms with E-state index in [0.29, 0.717) is 35.4 Å². The molecule has 160 valence electrons. The summed E-state index contributed by atoms with van der Waals surface area (Å²) in [5.41, 5.74) is 3.44. The van der Waals surface area contributed by atoms with Crippen LogP contribution in [0.2, 0.25) is 0 Å². The number of fused-ring (bicyclic) bond motifs is 1. The van der Waals surface area contributed by atoms with Gasteiger partial charge in [-0.2, -0.15) is 4.98 Å². The Morgan fingerprint density at radius 1 is 1.13 bits per heavy atom. The fourth-order valence-electron chi connectivity index (χ4n) is 2.73. The van der Waals surface area contributed by atoms with Crippen molar-refractivity contribution in [2.75, 3.05) is 24.4 Å². The number of anilines is 4. The Kier molecular flexibility index (Phi) is 5.80. The van der Waals surface area contributed by atoms with E-state index in [-0.39, 0.29) is 6.10 Å². The molecule has 0 aliphatic rings. The Balaban J connectivity index is 1.46. The van der Waals surface area contributed by atoms with E-state index < -0.39 is 5.76 Å². The molecule has 31 heavy (non-hydrogen) atoms. The fourth-order valence-corrected chi connectivity index (χ4v) is 2.73. The number of aryl methyl sites for hydroxylation is 1. The third kappa shape index (κ3) is 4.98. The Morgan fingerprint density at radius 2 is 1.97 bits per heavy atom. The molecule has 1 atom stereocenters. The number of hydrogen-bond donors (Lipinski definition) is 3. The Bertz CT molecular complexity index is 1230. The maximum Gasteiger partial charge on any atom is 0.417 e. The Labute approximate surface area is 177 Å². The van der Waals surface area contributed by atoms with Crippen LogP contribution in [0.25, 0.3) is 11.1 Å². The molecule has 4 aromatic rings. The highest BCUT2D eigenvalue weighted by molar-refractivity contribution is 5.78. The predicted molar refractivity (Wildman–Crippen MR) is 116 cm³/mol. The lowest BCUT2D eigenvalue weighted by Crippen LogP contribution is -2.16. The number of benzene rings is 1. The molecule has 1 aromatic carbocycles. The third-order valence-corrected chi connectivity index (χ3v) is 4.51. The van der Waals surface area contributed by atoms with Crippen LogP contribution >= 0.6 is 0 Å². The zero-order valence-corrected chi connectivity index (χ0v) is 17.3. The molecular formula is C21H22N6O4. The summed E-state index contributed by atoms with van der Waals surface area (Å²) in [5.74, 6) is 1.06. The van der Waals surface area contributed by atoms with Crippen LogP contribution < -0.4 is 21.1 Å². The first-order chi connectivity index (χ1) is 15.0. The van der Waals surface area contributed by atoms with Gasteiger partial charge in [0.25, 0.3) is 0 Å². The largest absolute Gasteiger partial charge is 0.475 e. The standard InChI is InChI=1S/C21H22N6O4/c1-12-9-23-20(25-15-5-7-18(22-10-15)30-11-13(2)29-3)27-19(12)24-14-4-6-17-16(8-14)26-21(28)31-17/h4-10,13H,11H2,1-3H3,(H,26,28)(H2,23,24,25,27). The molecule has 10 nitrogen and oxygen atoms in total. The highest BCUT2D eigenvalue weighted by atomic mass is 16.5. The maximum atomic E-state index is 11.3. The average Bonchev–Trinajstić information content (AvgIpc) is 3.14. The van der Waals surface area contributed by atoms with E-state index in [1.54, 1.807) is 43.8 Å². The van der Waals surface area contributed by atoms with Gasteiger partial charge in [-0.1, -0.05) is 0 Å². The number of aromatic nitrogens is 4. The van der Waals surface area contributed by atoms with Crippen molar-refractivity contribution in [3.63, 3.8) is 0 Å². The van der Waals surface area contributed by atoms with Crippen molar-refractivity contribution in [2.45, 2.75) is 20.0 Å². The van der Waals surface area contributed by atoms with Crippen LogP contribution in [0, 0.1) is 6.92 Å². The van der Waals surface area contributed by atoms with E-state index in [2.05, 4.69) is 30.6 Å². The quantitative estimate of drug-likeness (QED) is 0.391. The van der Waals surface area contributed by atoms with Gasteiger partial charge in [-0.3, -0.25) is 4.98 Å². The van der Waals surface area contributed by atoms with Crippen molar-refractivity contribution in [2.24, 2.45) is 0 Å². The number of methoxy groups -OCH3 is 1. The van der Waals surface area contributed by atoms with Gasteiger partial charge in [0.2, 0.25) is 11.8 Å². The van der Waals surface area contributed by atoms with Crippen LogP contribution in [0.5, 0.6) is 5.88 Å². The fraction of sp³-hybridized carbons (Fsp3) is 0.238. The zero-order valence-electron chi connectivity index (χ0n) is 17.3. The van der Waals surface area contributed by atoms with Gasteiger partial charge < -0.3 is 24.5 Å². The molecule has 0 spiro atoms. The van der Waals surface area contributed by atoms with Crippen LogP contribution in [0.3, 0.4) is 0 Å². The number of oxazole rings is 1. The first-order valence-corrected chi connectivity index (χ1v) is 9.62. The van der Waals surface area contributed by atoms with Gasteiger partial charge in [0, 0.05) is 30.6 Å². The first-order valence-electron chi connectivity index (χ1n) is 9.62. The highest BCUT2D eigenvalue weighted by Gasteiger charge is 2.08. The Hall–Kier alpha value is -3.92. The molecule has 1 unspecified atom stereocenters. The summed E-state index contributed by atoms with van der Waals surface area (Å²) in [6.45, 7) is 4.24. The summed E-state index contributed by atoms with van der Waals surface area (Å²) in [4.78, 5) is 27.1. The molecule has 0 radical (unpaired) electrons.